The maximum Gasteiger partial charge on any atom is 0.317 e. The molecular weight excluding hydrogens is 276 g/mol. The summed E-state index contributed by atoms with van der Waals surface area (Å²) < 4.78 is 27.8. The van der Waals surface area contributed by atoms with Crippen LogP contribution in [0.4, 0.5) is 4.79 Å². The lowest BCUT2D eigenvalue weighted by Crippen LogP contribution is -2.55. The van der Waals surface area contributed by atoms with Crippen molar-refractivity contribution < 1.29 is 27.9 Å². The first kappa shape index (κ1) is 15.7. The smallest absolute Gasteiger partial charge is 0.317 e. The highest BCUT2D eigenvalue weighted by molar-refractivity contribution is 7.91. The molecule has 0 aromatic rings. The van der Waals surface area contributed by atoms with E-state index in [1.54, 1.807) is 0 Å². The number of carboxylic acid groups (broad SMARTS) is 1. The van der Waals surface area contributed by atoms with E-state index in [2.05, 4.69) is 5.32 Å². The summed E-state index contributed by atoms with van der Waals surface area (Å²) in [6.07, 6.45) is -0.378. The van der Waals surface area contributed by atoms with Gasteiger partial charge in [-0.3, -0.25) is 4.79 Å². The summed E-state index contributed by atoms with van der Waals surface area (Å²) in [6.45, 7) is 0.638. The largest absolute Gasteiger partial charge is 0.481 e. The Hall–Kier alpha value is -1.35. The number of ether oxygens (including phenoxy) is 1. The average Bonchev–Trinajstić information content (AvgIpc) is 2.27. The quantitative estimate of drug-likeness (QED) is 0.623. The van der Waals surface area contributed by atoms with Crippen LogP contribution in [0.3, 0.4) is 0 Å². The molecule has 9 heteroatoms. The maximum atomic E-state index is 11.8. The molecule has 1 atom stereocenters. The number of carboxylic acids is 1. The van der Waals surface area contributed by atoms with E-state index in [0.29, 0.717) is 13.2 Å². The van der Waals surface area contributed by atoms with Gasteiger partial charge in [0.2, 0.25) is 0 Å². The number of amides is 2. The first-order chi connectivity index (χ1) is 8.85. The molecule has 2 amide bonds. The predicted molar refractivity (Wildman–Crippen MR) is 66.7 cm³/mol. The van der Waals surface area contributed by atoms with E-state index in [4.69, 9.17) is 9.84 Å². The highest BCUT2D eigenvalue weighted by Gasteiger charge is 2.35. The number of nitrogens with one attached hydrogen (secondary N) is 1. The van der Waals surface area contributed by atoms with Gasteiger partial charge in [0.05, 0.1) is 30.6 Å². The molecule has 19 heavy (non-hydrogen) atoms. The van der Waals surface area contributed by atoms with E-state index in [1.807, 2.05) is 0 Å². The average molecular weight is 294 g/mol. The lowest BCUT2D eigenvalue weighted by atomic mass is 10.2. The molecule has 0 bridgehead atoms. The molecule has 1 fully saturated rings. The second-order valence-electron chi connectivity index (χ2n) is 4.28. The van der Waals surface area contributed by atoms with Crippen molar-refractivity contribution in [1.29, 1.82) is 0 Å². The van der Waals surface area contributed by atoms with Gasteiger partial charge >= 0.3 is 12.0 Å². The lowest BCUT2D eigenvalue weighted by molar-refractivity contribution is -0.138. The molecule has 1 rings (SSSR count). The number of nitrogens with zero attached hydrogens (tertiary/aromatic N) is 1. The van der Waals surface area contributed by atoms with E-state index in [0.717, 1.165) is 0 Å². The van der Waals surface area contributed by atoms with E-state index in [1.165, 1.54) is 12.0 Å². The zero-order valence-corrected chi connectivity index (χ0v) is 11.5. The van der Waals surface area contributed by atoms with E-state index < -0.39 is 27.9 Å². The molecule has 8 nitrogen and oxygen atoms in total. The highest BCUT2D eigenvalue weighted by Crippen LogP contribution is 2.15. The second-order valence-corrected chi connectivity index (χ2v) is 6.51. The fraction of sp³-hybridized carbons (Fsp3) is 0.800. The SMILES string of the molecule is COCCNC(=O)N1CCS(=O)(=O)CC1CC(=O)O. The van der Waals surface area contributed by atoms with E-state index in [-0.39, 0.29) is 24.5 Å². The minimum atomic E-state index is -3.28. The van der Waals surface area contributed by atoms with Gasteiger partial charge in [-0.15, -0.1) is 0 Å². The van der Waals surface area contributed by atoms with Gasteiger partial charge in [0.1, 0.15) is 0 Å². The van der Waals surface area contributed by atoms with Gasteiger partial charge in [0.25, 0.3) is 0 Å². The Balaban J connectivity index is 2.67. The van der Waals surface area contributed by atoms with Gasteiger partial charge < -0.3 is 20.1 Å². The van der Waals surface area contributed by atoms with Crippen LogP contribution in [0.5, 0.6) is 0 Å². The van der Waals surface area contributed by atoms with Crippen molar-refractivity contribution in [2.45, 2.75) is 12.5 Å². The number of carbonyl (C=O) groups is 2. The summed E-state index contributed by atoms with van der Waals surface area (Å²) in [6, 6.07) is -1.28. The second kappa shape index (κ2) is 6.71. The van der Waals surface area contributed by atoms with Crippen molar-refractivity contribution in [3.8, 4) is 0 Å². The molecule has 1 saturated heterocycles. The fourth-order valence-corrected chi connectivity index (χ4v) is 3.41. The van der Waals surface area contributed by atoms with Crippen LogP contribution in [0.25, 0.3) is 0 Å². The zero-order chi connectivity index (χ0) is 14.5. The number of hydrogen-bond acceptors (Lipinski definition) is 5. The summed E-state index contributed by atoms with van der Waals surface area (Å²) in [5.41, 5.74) is 0. The van der Waals surface area contributed by atoms with Crippen LogP contribution >= 0.6 is 0 Å². The Morgan fingerprint density at radius 2 is 2.16 bits per heavy atom. The van der Waals surface area contributed by atoms with Crippen molar-refractivity contribution in [2.24, 2.45) is 0 Å². The van der Waals surface area contributed by atoms with Crippen LogP contribution < -0.4 is 5.32 Å². The van der Waals surface area contributed by atoms with Crippen LogP contribution in [0, 0.1) is 0 Å². The van der Waals surface area contributed by atoms with Crippen LogP contribution in [-0.4, -0.2) is 74.8 Å². The first-order valence-electron chi connectivity index (χ1n) is 5.81. The molecule has 0 aromatic heterocycles. The van der Waals surface area contributed by atoms with Gasteiger partial charge in [-0.1, -0.05) is 0 Å². The van der Waals surface area contributed by atoms with Gasteiger partial charge in [-0.2, -0.15) is 0 Å². The minimum Gasteiger partial charge on any atom is -0.481 e. The standard InChI is InChI=1S/C10H18N2O6S/c1-18-4-2-11-10(15)12-3-5-19(16,17)7-8(12)6-9(13)14/h8H,2-7H2,1H3,(H,11,15)(H,13,14). The first-order valence-corrected chi connectivity index (χ1v) is 7.63. The number of urea groups is 1. The van der Waals surface area contributed by atoms with Crippen molar-refractivity contribution in [2.75, 3.05) is 38.3 Å². The summed E-state index contributed by atoms with van der Waals surface area (Å²) >= 11 is 0. The number of aliphatic carboxylic acids is 1. The third-order valence-electron chi connectivity index (χ3n) is 2.78. The van der Waals surface area contributed by atoms with Crippen molar-refractivity contribution in [1.82, 2.24) is 10.2 Å². The Morgan fingerprint density at radius 3 is 2.74 bits per heavy atom. The molecular formula is C10H18N2O6S. The molecule has 1 unspecified atom stereocenters. The van der Waals surface area contributed by atoms with Crippen LogP contribution in [0.2, 0.25) is 0 Å². The zero-order valence-electron chi connectivity index (χ0n) is 10.7. The Kier molecular flexibility index (Phi) is 5.55. The van der Waals surface area contributed by atoms with Crippen molar-refractivity contribution >= 4 is 21.8 Å². The third kappa shape index (κ3) is 5.03. The fourth-order valence-electron chi connectivity index (χ4n) is 1.89. The molecule has 0 spiro atoms. The molecule has 1 aliphatic rings. The van der Waals surface area contributed by atoms with E-state index >= 15 is 0 Å². The van der Waals surface area contributed by atoms with Crippen LogP contribution in [-0.2, 0) is 19.4 Å². The van der Waals surface area contributed by atoms with Crippen molar-refractivity contribution in [3.05, 3.63) is 0 Å². The third-order valence-corrected chi connectivity index (χ3v) is 4.48. The van der Waals surface area contributed by atoms with Gasteiger partial charge in [0.15, 0.2) is 9.84 Å². The number of carbonyl (C=O) groups excluding carboxylic acids is 1. The van der Waals surface area contributed by atoms with Crippen LogP contribution in [0.15, 0.2) is 0 Å². The van der Waals surface area contributed by atoms with Gasteiger partial charge in [-0.25, -0.2) is 13.2 Å². The molecule has 0 aliphatic carbocycles. The van der Waals surface area contributed by atoms with Crippen LogP contribution in [0.1, 0.15) is 6.42 Å². The molecule has 0 aromatic carbocycles. The number of sulfone groups is 1. The normalized spacial score (nSPS) is 21.9. The van der Waals surface area contributed by atoms with E-state index in [9.17, 15) is 18.0 Å². The summed E-state index contributed by atoms with van der Waals surface area (Å²) in [5.74, 6) is -1.57. The summed E-state index contributed by atoms with van der Waals surface area (Å²) in [7, 11) is -1.79. The minimum absolute atomic E-state index is 0.0130. The number of methoxy groups -OCH3 is 1. The Labute approximate surface area is 111 Å². The highest BCUT2D eigenvalue weighted by atomic mass is 32.2. The number of rotatable bonds is 5. The molecule has 0 saturated carbocycles. The maximum absolute atomic E-state index is 11.8. The van der Waals surface area contributed by atoms with Crippen molar-refractivity contribution in [3.63, 3.8) is 0 Å². The Bertz CT molecular complexity index is 435. The predicted octanol–water partition coefficient (Wildman–Crippen LogP) is -1.08. The topological polar surface area (TPSA) is 113 Å². The van der Waals surface area contributed by atoms with Gasteiger partial charge in [0, 0.05) is 20.2 Å². The van der Waals surface area contributed by atoms with Gasteiger partial charge in [-0.05, 0) is 0 Å². The Morgan fingerprint density at radius 1 is 1.47 bits per heavy atom. The molecule has 2 N–H and O–H groups in total. The molecule has 1 heterocycles. The molecule has 0 radical (unpaired) electrons. The monoisotopic (exact) mass is 294 g/mol. The number of hydrogen-bond donors (Lipinski definition) is 2. The summed E-state index contributed by atoms with van der Waals surface area (Å²) in [5, 5.41) is 11.3. The molecule has 1 aliphatic heterocycles. The summed E-state index contributed by atoms with van der Waals surface area (Å²) in [4.78, 5) is 23.8. The lowest BCUT2D eigenvalue weighted by Gasteiger charge is -2.34. The molecule has 110 valence electrons.